The van der Waals surface area contributed by atoms with Gasteiger partial charge in [0.05, 0.1) is 11.9 Å². The van der Waals surface area contributed by atoms with Gasteiger partial charge in [0.2, 0.25) is 5.43 Å². The molecule has 0 bridgehead atoms. The second-order valence-electron chi connectivity index (χ2n) is 7.55. The number of carbonyl (C=O) groups is 2. The van der Waals surface area contributed by atoms with Crippen LogP contribution < -0.4 is 20.1 Å². The van der Waals surface area contributed by atoms with Crippen molar-refractivity contribution in [3.8, 4) is 5.75 Å². The van der Waals surface area contributed by atoms with Crippen molar-refractivity contribution < 1.29 is 23.8 Å². The van der Waals surface area contributed by atoms with Crippen molar-refractivity contribution in [3.05, 3.63) is 33.9 Å². The molecule has 4 rings (SSSR count). The van der Waals surface area contributed by atoms with E-state index in [9.17, 15) is 19.5 Å². The minimum atomic E-state index is -1.39. The van der Waals surface area contributed by atoms with E-state index in [0.717, 1.165) is 6.07 Å². The quantitative estimate of drug-likeness (QED) is 0.842. The summed E-state index contributed by atoms with van der Waals surface area (Å²) in [7, 11) is 1.66. The SMILES string of the molecule is CN1COc2c(N3CC(=O)C(C)(C)C3)c(F)cc3c(=O)c(C(=O)O)cn1c23. The Morgan fingerprint density at radius 2 is 2.04 bits per heavy atom. The maximum absolute atomic E-state index is 15.0. The summed E-state index contributed by atoms with van der Waals surface area (Å²) in [5.74, 6) is -1.98. The molecule has 1 fully saturated rings. The zero-order valence-corrected chi connectivity index (χ0v) is 15.1. The predicted octanol–water partition coefficient (Wildman–Crippen LogP) is 1.17. The van der Waals surface area contributed by atoms with Crippen LogP contribution in [0, 0.1) is 11.2 Å². The molecule has 0 aliphatic carbocycles. The molecule has 8 nitrogen and oxygen atoms in total. The van der Waals surface area contributed by atoms with Crippen molar-refractivity contribution in [2.24, 2.45) is 5.41 Å². The number of nitrogens with zero attached hydrogens (tertiary/aromatic N) is 3. The topological polar surface area (TPSA) is 92.1 Å². The van der Waals surface area contributed by atoms with Crippen molar-refractivity contribution >= 4 is 28.3 Å². The highest BCUT2D eigenvalue weighted by atomic mass is 19.1. The number of pyridine rings is 1. The molecule has 2 aliphatic heterocycles. The third-order valence-corrected chi connectivity index (χ3v) is 5.14. The lowest BCUT2D eigenvalue weighted by molar-refractivity contribution is -0.122. The summed E-state index contributed by atoms with van der Waals surface area (Å²) in [6, 6.07) is 1.03. The number of hydrogen-bond acceptors (Lipinski definition) is 6. The largest absolute Gasteiger partial charge is 0.477 e. The number of aromatic carboxylic acids is 1. The number of ether oxygens (including phenoxy) is 1. The van der Waals surface area contributed by atoms with Gasteiger partial charge in [0.25, 0.3) is 0 Å². The van der Waals surface area contributed by atoms with Gasteiger partial charge in [0.15, 0.2) is 24.1 Å². The van der Waals surface area contributed by atoms with E-state index in [2.05, 4.69) is 0 Å². The van der Waals surface area contributed by atoms with Gasteiger partial charge in [-0.05, 0) is 6.07 Å². The third-order valence-electron chi connectivity index (χ3n) is 5.14. The molecule has 0 radical (unpaired) electrons. The van der Waals surface area contributed by atoms with Crippen molar-refractivity contribution in [1.82, 2.24) is 4.68 Å². The summed E-state index contributed by atoms with van der Waals surface area (Å²) in [5, 5.41) is 10.8. The first kappa shape index (κ1) is 17.3. The van der Waals surface area contributed by atoms with E-state index in [1.807, 2.05) is 0 Å². The van der Waals surface area contributed by atoms with Crippen LogP contribution in [-0.4, -0.2) is 48.4 Å². The molecule has 2 aliphatic rings. The molecule has 1 saturated heterocycles. The molecule has 9 heteroatoms. The number of carbonyl (C=O) groups excluding carboxylic acids is 1. The number of ketones is 1. The van der Waals surface area contributed by atoms with Crippen molar-refractivity contribution in [2.45, 2.75) is 13.8 Å². The lowest BCUT2D eigenvalue weighted by Crippen LogP contribution is -2.40. The first-order chi connectivity index (χ1) is 12.6. The summed E-state index contributed by atoms with van der Waals surface area (Å²) >= 11 is 0. The van der Waals surface area contributed by atoms with Crippen LogP contribution in [0.2, 0.25) is 0 Å². The molecule has 27 heavy (non-hydrogen) atoms. The Hall–Kier alpha value is -3.10. The fraction of sp³-hybridized carbons (Fsp3) is 0.389. The van der Waals surface area contributed by atoms with Crippen LogP contribution in [0.1, 0.15) is 24.2 Å². The second-order valence-corrected chi connectivity index (χ2v) is 7.55. The van der Waals surface area contributed by atoms with Crippen LogP contribution in [-0.2, 0) is 4.79 Å². The predicted molar refractivity (Wildman–Crippen MR) is 95.8 cm³/mol. The number of anilines is 1. The average Bonchev–Trinajstić information content (AvgIpc) is 2.84. The summed E-state index contributed by atoms with van der Waals surface area (Å²) in [6.45, 7) is 3.98. The fourth-order valence-corrected chi connectivity index (χ4v) is 3.64. The van der Waals surface area contributed by atoms with Crippen LogP contribution in [0.4, 0.5) is 10.1 Å². The fourth-order valence-electron chi connectivity index (χ4n) is 3.64. The zero-order valence-electron chi connectivity index (χ0n) is 15.1. The van der Waals surface area contributed by atoms with Gasteiger partial charge in [0.1, 0.15) is 16.8 Å². The van der Waals surface area contributed by atoms with Crippen LogP contribution in [0.15, 0.2) is 17.1 Å². The van der Waals surface area contributed by atoms with Gasteiger partial charge in [-0.3, -0.25) is 19.3 Å². The van der Waals surface area contributed by atoms with Gasteiger partial charge in [-0.25, -0.2) is 9.18 Å². The monoisotopic (exact) mass is 375 g/mol. The molecule has 3 heterocycles. The molecule has 1 aromatic carbocycles. The summed E-state index contributed by atoms with van der Waals surface area (Å²) in [6.07, 6.45) is 1.21. The highest BCUT2D eigenvalue weighted by Crippen LogP contribution is 2.42. The molecule has 0 unspecified atom stereocenters. The Balaban J connectivity index is 2.04. The van der Waals surface area contributed by atoms with Crippen LogP contribution in [0.5, 0.6) is 5.75 Å². The molecule has 0 amide bonds. The maximum atomic E-state index is 15.0. The number of carboxylic acids is 1. The Bertz CT molecular complexity index is 1080. The number of carboxylic acid groups (broad SMARTS) is 1. The molecular formula is C18H18FN3O5. The lowest BCUT2D eigenvalue weighted by atomic mass is 9.92. The number of rotatable bonds is 2. The van der Waals surface area contributed by atoms with E-state index in [1.54, 1.807) is 30.8 Å². The van der Waals surface area contributed by atoms with E-state index < -0.39 is 28.2 Å². The summed E-state index contributed by atoms with van der Waals surface area (Å²) in [5.41, 5.74) is -1.45. The molecule has 1 aromatic heterocycles. The number of Topliss-reactive ketones (excluding diaryl/α,β-unsaturated/α-hetero) is 1. The van der Waals surface area contributed by atoms with Crippen molar-refractivity contribution in [3.63, 3.8) is 0 Å². The number of hydrogen-bond donors (Lipinski definition) is 1. The standard InChI is InChI=1S/C18H18FN3O5/c1-18(2)7-21(6-12(18)23)14-11(19)4-9-13-16(14)27-8-20(3)22(13)5-10(15(9)24)17(25)26/h4-5H,6-8H2,1-3H3,(H,25,26). The Labute approximate surface area is 153 Å². The minimum Gasteiger partial charge on any atom is -0.477 e. The molecule has 0 atom stereocenters. The lowest BCUT2D eigenvalue weighted by Gasteiger charge is -2.33. The highest BCUT2D eigenvalue weighted by molar-refractivity contribution is 5.99. The van der Waals surface area contributed by atoms with E-state index in [0.29, 0.717) is 6.54 Å². The van der Waals surface area contributed by atoms with Crippen molar-refractivity contribution in [1.29, 1.82) is 0 Å². The van der Waals surface area contributed by atoms with Crippen LogP contribution in [0.3, 0.4) is 0 Å². The number of halogens is 1. The van der Waals surface area contributed by atoms with Gasteiger partial charge in [-0.15, -0.1) is 0 Å². The first-order valence-corrected chi connectivity index (χ1v) is 8.39. The van der Waals surface area contributed by atoms with E-state index >= 15 is 4.39 Å². The number of aromatic nitrogens is 1. The van der Waals surface area contributed by atoms with Gasteiger partial charge in [-0.2, -0.15) is 0 Å². The normalized spacial score (nSPS) is 18.1. The van der Waals surface area contributed by atoms with E-state index in [-0.39, 0.29) is 41.4 Å². The highest BCUT2D eigenvalue weighted by Gasteiger charge is 2.41. The van der Waals surface area contributed by atoms with Crippen LogP contribution in [0.25, 0.3) is 10.9 Å². The minimum absolute atomic E-state index is 0.0132. The van der Waals surface area contributed by atoms with Gasteiger partial charge >= 0.3 is 5.97 Å². The van der Waals surface area contributed by atoms with Gasteiger partial charge in [0, 0.05) is 25.2 Å². The maximum Gasteiger partial charge on any atom is 0.341 e. The Morgan fingerprint density at radius 3 is 2.63 bits per heavy atom. The van der Waals surface area contributed by atoms with Gasteiger partial charge < -0.3 is 14.7 Å². The summed E-state index contributed by atoms with van der Waals surface area (Å²) in [4.78, 5) is 37.8. The first-order valence-electron chi connectivity index (χ1n) is 8.39. The molecule has 0 spiro atoms. The second kappa shape index (κ2) is 5.45. The molecule has 142 valence electrons. The van der Waals surface area contributed by atoms with Crippen molar-refractivity contribution in [2.75, 3.05) is 36.8 Å². The van der Waals surface area contributed by atoms with Crippen LogP contribution >= 0.6 is 0 Å². The molecule has 1 N–H and O–H groups in total. The molecule has 0 saturated carbocycles. The molecule has 2 aromatic rings. The molecular weight excluding hydrogens is 357 g/mol. The zero-order chi connectivity index (χ0) is 19.7. The average molecular weight is 375 g/mol. The number of benzene rings is 1. The summed E-state index contributed by atoms with van der Waals surface area (Å²) < 4.78 is 22.2. The third kappa shape index (κ3) is 2.37. The van der Waals surface area contributed by atoms with Gasteiger partial charge in [-0.1, -0.05) is 13.8 Å². The smallest absolute Gasteiger partial charge is 0.341 e. The Morgan fingerprint density at radius 1 is 1.33 bits per heavy atom. The van der Waals surface area contributed by atoms with E-state index in [4.69, 9.17) is 4.74 Å². The Kier molecular flexibility index (Phi) is 3.49. The van der Waals surface area contributed by atoms with E-state index in [1.165, 1.54) is 10.9 Å².